The summed E-state index contributed by atoms with van der Waals surface area (Å²) in [5.41, 5.74) is 0.427. The van der Waals surface area contributed by atoms with Gasteiger partial charge in [0, 0.05) is 10.8 Å². The van der Waals surface area contributed by atoms with E-state index in [2.05, 4.69) is 4.98 Å². The van der Waals surface area contributed by atoms with Crippen LogP contribution in [0.3, 0.4) is 0 Å². The van der Waals surface area contributed by atoms with E-state index in [1.165, 1.54) is 35.6 Å². The number of furan rings is 1. The van der Waals surface area contributed by atoms with Gasteiger partial charge in [-0.25, -0.2) is 4.98 Å². The molecule has 4 rings (SSSR count). The van der Waals surface area contributed by atoms with Crippen LogP contribution in [0.5, 0.6) is 0 Å². The standard InChI is InChI=1S/C21H11F3N2OS/c22-21(23,24)16-7-3-1-5-13(16)9-15(11-25)20-26-17(12-28-20)19-10-14-6-2-4-8-18(14)27-19/h1-10,12H/b15-9-. The van der Waals surface area contributed by atoms with Gasteiger partial charge in [-0.1, -0.05) is 36.4 Å². The number of aromatic nitrogens is 1. The molecule has 7 heteroatoms. The van der Waals surface area contributed by atoms with Crippen molar-refractivity contribution in [3.05, 3.63) is 76.1 Å². The second kappa shape index (κ2) is 6.98. The lowest BCUT2D eigenvalue weighted by Crippen LogP contribution is -2.07. The maximum Gasteiger partial charge on any atom is 0.416 e. The molecule has 0 radical (unpaired) electrons. The van der Waals surface area contributed by atoms with Gasteiger partial charge in [0.1, 0.15) is 22.4 Å². The van der Waals surface area contributed by atoms with E-state index in [0.717, 1.165) is 11.5 Å². The molecule has 3 nitrogen and oxygen atoms in total. The maximum atomic E-state index is 13.2. The molecule has 0 N–H and O–H groups in total. The van der Waals surface area contributed by atoms with Crippen LogP contribution in [0.4, 0.5) is 13.2 Å². The van der Waals surface area contributed by atoms with Gasteiger partial charge >= 0.3 is 6.18 Å². The van der Waals surface area contributed by atoms with Crippen LogP contribution in [-0.2, 0) is 6.18 Å². The minimum atomic E-state index is -4.50. The number of thiazole rings is 1. The Morgan fingerprint density at radius 3 is 2.61 bits per heavy atom. The van der Waals surface area contributed by atoms with Crippen molar-refractivity contribution in [3.63, 3.8) is 0 Å². The Morgan fingerprint density at radius 1 is 1.11 bits per heavy atom. The fourth-order valence-electron chi connectivity index (χ4n) is 2.80. The number of benzene rings is 2. The number of fused-ring (bicyclic) bond motifs is 1. The fraction of sp³-hybridized carbons (Fsp3) is 0.0476. The minimum Gasteiger partial charge on any atom is -0.454 e. The van der Waals surface area contributed by atoms with Crippen molar-refractivity contribution in [2.75, 3.05) is 0 Å². The summed E-state index contributed by atoms with van der Waals surface area (Å²) in [6.07, 6.45) is -3.29. The molecule has 0 amide bonds. The summed E-state index contributed by atoms with van der Waals surface area (Å²) in [7, 11) is 0. The van der Waals surface area contributed by atoms with Gasteiger partial charge in [-0.3, -0.25) is 0 Å². The molecule has 0 atom stereocenters. The van der Waals surface area contributed by atoms with E-state index in [0.29, 0.717) is 22.0 Å². The molecule has 2 aromatic heterocycles. The number of nitriles is 1. The Labute approximate surface area is 162 Å². The van der Waals surface area contributed by atoms with Gasteiger partial charge in [0.2, 0.25) is 0 Å². The lowest BCUT2D eigenvalue weighted by atomic mass is 10.0. The molecule has 4 aromatic rings. The summed E-state index contributed by atoms with van der Waals surface area (Å²) < 4.78 is 45.3. The molecule has 0 aliphatic carbocycles. The van der Waals surface area contributed by atoms with Crippen molar-refractivity contribution in [2.45, 2.75) is 6.18 Å². The maximum absolute atomic E-state index is 13.2. The van der Waals surface area contributed by atoms with E-state index in [1.807, 2.05) is 36.4 Å². The highest BCUT2D eigenvalue weighted by Gasteiger charge is 2.32. The zero-order chi connectivity index (χ0) is 19.7. The van der Waals surface area contributed by atoms with Gasteiger partial charge < -0.3 is 4.42 Å². The summed E-state index contributed by atoms with van der Waals surface area (Å²) in [6, 6.07) is 16.4. The van der Waals surface area contributed by atoms with Crippen molar-refractivity contribution < 1.29 is 17.6 Å². The molecule has 0 aliphatic rings. The van der Waals surface area contributed by atoms with E-state index < -0.39 is 11.7 Å². The van der Waals surface area contributed by atoms with Crippen LogP contribution in [-0.4, -0.2) is 4.98 Å². The van der Waals surface area contributed by atoms with Gasteiger partial charge in [-0.15, -0.1) is 11.3 Å². The molecule has 0 aliphatic heterocycles. The van der Waals surface area contributed by atoms with Crippen molar-refractivity contribution in [1.29, 1.82) is 5.26 Å². The number of hydrogen-bond acceptors (Lipinski definition) is 4. The lowest BCUT2D eigenvalue weighted by molar-refractivity contribution is -0.137. The monoisotopic (exact) mass is 396 g/mol. The predicted octanol–water partition coefficient (Wildman–Crippen LogP) is 6.64. The molecule has 0 saturated heterocycles. The second-order valence-electron chi connectivity index (χ2n) is 5.94. The number of allylic oxidation sites excluding steroid dienone is 1. The van der Waals surface area contributed by atoms with Crippen LogP contribution in [0.15, 0.2) is 64.4 Å². The Balaban J connectivity index is 1.73. The summed E-state index contributed by atoms with van der Waals surface area (Å²) in [6.45, 7) is 0. The molecule has 0 unspecified atom stereocenters. The lowest BCUT2D eigenvalue weighted by Gasteiger charge is -2.09. The fourth-order valence-corrected chi connectivity index (χ4v) is 3.57. The summed E-state index contributed by atoms with van der Waals surface area (Å²) in [4.78, 5) is 4.39. The summed E-state index contributed by atoms with van der Waals surface area (Å²) in [5, 5.41) is 12.4. The molecule has 28 heavy (non-hydrogen) atoms. The SMILES string of the molecule is N#C/C(=C/c1ccccc1C(F)(F)F)c1nc(-c2cc3ccccc3o2)cs1. The first-order chi connectivity index (χ1) is 13.5. The highest BCUT2D eigenvalue weighted by molar-refractivity contribution is 7.11. The van der Waals surface area contributed by atoms with Gasteiger partial charge in [-0.2, -0.15) is 18.4 Å². The van der Waals surface area contributed by atoms with Crippen LogP contribution in [0.25, 0.3) is 34.1 Å². The third-order valence-corrected chi connectivity index (χ3v) is 4.97. The minimum absolute atomic E-state index is 0.0593. The van der Waals surface area contributed by atoms with Crippen LogP contribution >= 0.6 is 11.3 Å². The Morgan fingerprint density at radius 2 is 1.86 bits per heavy atom. The number of hydrogen-bond donors (Lipinski definition) is 0. The predicted molar refractivity (Wildman–Crippen MR) is 102 cm³/mol. The number of nitrogens with zero attached hydrogens (tertiary/aromatic N) is 2. The van der Waals surface area contributed by atoms with Gasteiger partial charge in [-0.05, 0) is 29.8 Å². The van der Waals surface area contributed by atoms with Crippen LogP contribution in [0.2, 0.25) is 0 Å². The van der Waals surface area contributed by atoms with E-state index in [1.54, 1.807) is 5.38 Å². The first kappa shape index (κ1) is 18.0. The van der Waals surface area contributed by atoms with Gasteiger partial charge in [0.15, 0.2) is 5.76 Å². The molecule has 138 valence electrons. The zero-order valence-corrected chi connectivity index (χ0v) is 15.0. The van der Waals surface area contributed by atoms with E-state index in [4.69, 9.17) is 4.42 Å². The molecular formula is C21H11F3N2OS. The topological polar surface area (TPSA) is 49.8 Å². The largest absolute Gasteiger partial charge is 0.454 e. The quantitative estimate of drug-likeness (QED) is 0.365. The van der Waals surface area contributed by atoms with Crippen molar-refractivity contribution in [3.8, 4) is 17.5 Å². The van der Waals surface area contributed by atoms with Crippen LogP contribution in [0.1, 0.15) is 16.1 Å². The first-order valence-corrected chi connectivity index (χ1v) is 9.06. The molecule has 2 heterocycles. The molecule has 0 fully saturated rings. The third-order valence-electron chi connectivity index (χ3n) is 4.10. The Hall–Kier alpha value is -3.37. The summed E-state index contributed by atoms with van der Waals surface area (Å²) in [5.74, 6) is 0.539. The number of rotatable bonds is 3. The van der Waals surface area contributed by atoms with E-state index in [-0.39, 0.29) is 11.1 Å². The average Bonchev–Trinajstić information content (AvgIpc) is 3.32. The Kier molecular flexibility index (Phi) is 4.49. The second-order valence-corrected chi connectivity index (χ2v) is 6.80. The Bertz CT molecular complexity index is 1200. The normalized spacial score (nSPS) is 12.3. The number of halogens is 3. The molecule has 0 bridgehead atoms. The third kappa shape index (κ3) is 3.42. The smallest absolute Gasteiger partial charge is 0.416 e. The van der Waals surface area contributed by atoms with E-state index >= 15 is 0 Å². The highest BCUT2D eigenvalue weighted by atomic mass is 32.1. The van der Waals surface area contributed by atoms with Crippen LogP contribution < -0.4 is 0 Å². The number of para-hydroxylation sites is 1. The van der Waals surface area contributed by atoms with Crippen molar-refractivity contribution >= 4 is 34.0 Å². The highest BCUT2D eigenvalue weighted by Crippen LogP contribution is 2.35. The zero-order valence-electron chi connectivity index (χ0n) is 14.2. The van der Waals surface area contributed by atoms with Gasteiger partial charge in [0.05, 0.1) is 11.1 Å². The van der Waals surface area contributed by atoms with Crippen molar-refractivity contribution in [2.24, 2.45) is 0 Å². The molecule has 0 spiro atoms. The average molecular weight is 396 g/mol. The molecular weight excluding hydrogens is 385 g/mol. The van der Waals surface area contributed by atoms with Gasteiger partial charge in [0.25, 0.3) is 0 Å². The summed E-state index contributed by atoms with van der Waals surface area (Å²) >= 11 is 1.18. The number of alkyl halides is 3. The van der Waals surface area contributed by atoms with Crippen LogP contribution in [0, 0.1) is 11.3 Å². The molecule has 2 aromatic carbocycles. The molecule has 0 saturated carbocycles. The van der Waals surface area contributed by atoms with Crippen molar-refractivity contribution in [1.82, 2.24) is 4.98 Å². The first-order valence-electron chi connectivity index (χ1n) is 8.18. The van der Waals surface area contributed by atoms with E-state index in [9.17, 15) is 18.4 Å².